The topological polar surface area (TPSA) is 68.0 Å². The summed E-state index contributed by atoms with van der Waals surface area (Å²) in [6.07, 6.45) is 3.49. The van der Waals surface area contributed by atoms with Crippen molar-refractivity contribution in [2.24, 2.45) is 11.1 Å². The second-order valence-corrected chi connectivity index (χ2v) is 6.20. The smallest absolute Gasteiger partial charge is 0.231 e. The molecule has 0 spiro atoms. The largest absolute Gasteiger partial charge is 0.325 e. The summed E-state index contributed by atoms with van der Waals surface area (Å²) in [6.45, 7) is 7.42. The molecule has 106 valence electrons. The zero-order valence-corrected chi connectivity index (χ0v) is 12.4. The summed E-state index contributed by atoms with van der Waals surface area (Å²) in [6, 6.07) is 7.70. The molecule has 0 radical (unpaired) electrons. The number of aromatic nitrogens is 1. The number of hydrogen-bond donors (Lipinski definition) is 2. The lowest BCUT2D eigenvalue weighted by Crippen LogP contribution is -2.53. The first-order valence-corrected chi connectivity index (χ1v) is 6.66. The third-order valence-corrected chi connectivity index (χ3v) is 4.11. The minimum absolute atomic E-state index is 0.0960. The van der Waals surface area contributed by atoms with Crippen LogP contribution < -0.4 is 11.1 Å². The molecular formula is C16H21N3O. The molecule has 2 rings (SSSR count). The minimum Gasteiger partial charge on any atom is -0.325 e. The van der Waals surface area contributed by atoms with Crippen LogP contribution in [0.25, 0.3) is 10.8 Å². The number of nitrogens with two attached hydrogens (primary N) is 1. The van der Waals surface area contributed by atoms with Gasteiger partial charge in [0, 0.05) is 23.3 Å². The number of amides is 1. The van der Waals surface area contributed by atoms with E-state index in [-0.39, 0.29) is 5.91 Å². The lowest BCUT2D eigenvalue weighted by molar-refractivity contribution is -0.126. The first-order valence-electron chi connectivity index (χ1n) is 6.66. The Bertz CT molecular complexity index is 636. The highest BCUT2D eigenvalue weighted by atomic mass is 16.2. The van der Waals surface area contributed by atoms with Crippen molar-refractivity contribution in [3.63, 3.8) is 0 Å². The Morgan fingerprint density at radius 1 is 1.20 bits per heavy atom. The van der Waals surface area contributed by atoms with Crippen LogP contribution in [0.4, 0.5) is 5.69 Å². The van der Waals surface area contributed by atoms with Crippen molar-refractivity contribution in [3.05, 3.63) is 36.7 Å². The van der Waals surface area contributed by atoms with Crippen LogP contribution in [0.3, 0.4) is 0 Å². The average Bonchev–Trinajstić information content (AvgIpc) is 2.37. The van der Waals surface area contributed by atoms with Crippen molar-refractivity contribution in [1.29, 1.82) is 0 Å². The Morgan fingerprint density at radius 2 is 1.90 bits per heavy atom. The number of pyridine rings is 1. The Hall–Kier alpha value is -1.94. The van der Waals surface area contributed by atoms with Crippen molar-refractivity contribution in [2.75, 3.05) is 5.32 Å². The van der Waals surface area contributed by atoms with Crippen LogP contribution in [0.15, 0.2) is 36.7 Å². The second kappa shape index (κ2) is 4.87. The zero-order valence-electron chi connectivity index (χ0n) is 12.4. The molecule has 0 saturated heterocycles. The molecule has 1 amide bonds. The van der Waals surface area contributed by atoms with Gasteiger partial charge in [-0.25, -0.2) is 0 Å². The third-order valence-electron chi connectivity index (χ3n) is 4.11. The number of nitrogens with zero attached hydrogens (tertiary/aromatic N) is 1. The van der Waals surface area contributed by atoms with Crippen LogP contribution >= 0.6 is 0 Å². The van der Waals surface area contributed by atoms with Gasteiger partial charge < -0.3 is 11.1 Å². The van der Waals surface area contributed by atoms with Crippen molar-refractivity contribution in [1.82, 2.24) is 4.98 Å². The highest BCUT2D eigenvalue weighted by Crippen LogP contribution is 2.31. The Balaban J connectivity index is 2.36. The standard InChI is InChI=1S/C16H21N3O/c1-15(2,16(3,4)17)14(20)19-13-7-5-6-11-8-9-18-10-12(11)13/h5-10H,17H2,1-4H3,(H,19,20). The summed E-state index contributed by atoms with van der Waals surface area (Å²) < 4.78 is 0. The lowest BCUT2D eigenvalue weighted by Gasteiger charge is -2.36. The first-order chi connectivity index (χ1) is 9.23. The van der Waals surface area contributed by atoms with Gasteiger partial charge in [0.15, 0.2) is 0 Å². The van der Waals surface area contributed by atoms with E-state index in [1.807, 2.05) is 52.0 Å². The van der Waals surface area contributed by atoms with Crippen LogP contribution in [0.1, 0.15) is 27.7 Å². The third kappa shape index (κ3) is 2.51. The summed E-state index contributed by atoms with van der Waals surface area (Å²) >= 11 is 0. The highest BCUT2D eigenvalue weighted by Gasteiger charge is 2.40. The molecule has 1 aromatic heterocycles. The maximum atomic E-state index is 12.5. The molecule has 0 unspecified atom stereocenters. The second-order valence-electron chi connectivity index (χ2n) is 6.20. The molecular weight excluding hydrogens is 250 g/mol. The van der Waals surface area contributed by atoms with E-state index in [0.29, 0.717) is 0 Å². The fraction of sp³-hybridized carbons (Fsp3) is 0.375. The molecule has 1 aromatic carbocycles. The molecule has 4 heteroatoms. The van der Waals surface area contributed by atoms with Gasteiger partial charge in [0.05, 0.1) is 11.1 Å². The van der Waals surface area contributed by atoms with Gasteiger partial charge in [-0.15, -0.1) is 0 Å². The molecule has 0 saturated carbocycles. The fourth-order valence-corrected chi connectivity index (χ4v) is 1.79. The summed E-state index contributed by atoms with van der Waals surface area (Å²) in [7, 11) is 0. The van der Waals surface area contributed by atoms with Gasteiger partial charge in [-0.3, -0.25) is 9.78 Å². The SMILES string of the molecule is CC(C)(N)C(C)(C)C(=O)Nc1cccc2ccncc12. The summed E-state index contributed by atoms with van der Waals surface area (Å²) in [5.41, 5.74) is 5.57. The molecule has 3 N–H and O–H groups in total. The molecule has 2 aromatic rings. The Kier molecular flexibility index (Phi) is 3.52. The van der Waals surface area contributed by atoms with Crippen LogP contribution in [0.5, 0.6) is 0 Å². The summed E-state index contributed by atoms with van der Waals surface area (Å²) in [4.78, 5) is 16.6. The number of nitrogens with one attached hydrogen (secondary N) is 1. The predicted octanol–water partition coefficient (Wildman–Crippen LogP) is 2.94. The molecule has 20 heavy (non-hydrogen) atoms. The van der Waals surface area contributed by atoms with E-state index in [2.05, 4.69) is 10.3 Å². The van der Waals surface area contributed by atoms with E-state index < -0.39 is 11.0 Å². The van der Waals surface area contributed by atoms with Crippen molar-refractivity contribution in [3.8, 4) is 0 Å². The Morgan fingerprint density at radius 3 is 2.55 bits per heavy atom. The van der Waals surface area contributed by atoms with Gasteiger partial charge in [0.25, 0.3) is 0 Å². The number of hydrogen-bond acceptors (Lipinski definition) is 3. The molecule has 0 bridgehead atoms. The number of carbonyl (C=O) groups is 1. The minimum atomic E-state index is -0.683. The monoisotopic (exact) mass is 271 g/mol. The van der Waals surface area contributed by atoms with Gasteiger partial charge >= 0.3 is 0 Å². The van der Waals surface area contributed by atoms with Crippen molar-refractivity contribution < 1.29 is 4.79 Å². The molecule has 4 nitrogen and oxygen atoms in total. The highest BCUT2D eigenvalue weighted by molar-refractivity contribution is 6.03. The van der Waals surface area contributed by atoms with Gasteiger partial charge in [0.1, 0.15) is 0 Å². The maximum Gasteiger partial charge on any atom is 0.231 e. The zero-order chi connectivity index (χ0) is 15.0. The van der Waals surface area contributed by atoms with Gasteiger partial charge in [-0.1, -0.05) is 12.1 Å². The number of carbonyl (C=O) groups excluding carboxylic acids is 1. The van der Waals surface area contributed by atoms with Crippen LogP contribution in [0, 0.1) is 5.41 Å². The maximum absolute atomic E-state index is 12.5. The molecule has 1 heterocycles. The van der Waals surface area contributed by atoms with Crippen molar-refractivity contribution >= 4 is 22.4 Å². The molecule has 0 aliphatic heterocycles. The molecule has 0 fully saturated rings. The van der Waals surface area contributed by atoms with Gasteiger partial charge in [0.2, 0.25) is 5.91 Å². The lowest BCUT2D eigenvalue weighted by atomic mass is 9.74. The summed E-state index contributed by atoms with van der Waals surface area (Å²) in [5, 5.41) is 4.94. The molecule has 0 aliphatic rings. The van der Waals surface area contributed by atoms with E-state index in [4.69, 9.17) is 5.73 Å². The van der Waals surface area contributed by atoms with E-state index in [1.54, 1.807) is 12.4 Å². The van der Waals surface area contributed by atoms with Crippen LogP contribution in [-0.2, 0) is 4.79 Å². The van der Waals surface area contributed by atoms with E-state index in [1.165, 1.54) is 0 Å². The van der Waals surface area contributed by atoms with E-state index in [0.717, 1.165) is 16.5 Å². The Labute approximate surface area is 119 Å². The number of fused-ring (bicyclic) bond motifs is 1. The number of anilines is 1. The van der Waals surface area contributed by atoms with Gasteiger partial charge in [-0.05, 0) is 45.2 Å². The van der Waals surface area contributed by atoms with Gasteiger partial charge in [-0.2, -0.15) is 0 Å². The fourth-order valence-electron chi connectivity index (χ4n) is 1.79. The molecule has 0 aliphatic carbocycles. The quantitative estimate of drug-likeness (QED) is 0.901. The first kappa shape index (κ1) is 14.5. The predicted molar refractivity (Wildman–Crippen MR) is 82.4 cm³/mol. The summed E-state index contributed by atoms with van der Waals surface area (Å²) in [5.74, 6) is -0.0960. The van der Waals surface area contributed by atoms with Crippen LogP contribution in [0.2, 0.25) is 0 Å². The normalized spacial score (nSPS) is 12.4. The molecule has 0 atom stereocenters. The van der Waals surface area contributed by atoms with E-state index in [9.17, 15) is 4.79 Å². The van der Waals surface area contributed by atoms with E-state index >= 15 is 0 Å². The number of benzene rings is 1. The van der Waals surface area contributed by atoms with Crippen molar-refractivity contribution in [2.45, 2.75) is 33.2 Å². The number of rotatable bonds is 3. The van der Waals surface area contributed by atoms with Crippen LogP contribution in [-0.4, -0.2) is 16.4 Å². The average molecular weight is 271 g/mol.